The number of carbonyl (C=O) groups excluding carboxylic acids is 1. The van der Waals surface area contributed by atoms with E-state index in [1.807, 2.05) is 0 Å². The number of aromatic amines is 1. The lowest BCUT2D eigenvalue weighted by molar-refractivity contribution is -0.137. The molecule has 0 spiro atoms. The van der Waals surface area contributed by atoms with Gasteiger partial charge in [0.2, 0.25) is 0 Å². The van der Waals surface area contributed by atoms with Crippen LogP contribution < -0.4 is 16.6 Å². The van der Waals surface area contributed by atoms with Crippen LogP contribution in [0.25, 0.3) is 0 Å². The lowest BCUT2D eigenvalue weighted by Crippen LogP contribution is -2.23. The second-order valence-electron chi connectivity index (χ2n) is 6.20. The molecule has 0 saturated carbocycles. The molecule has 0 fully saturated rings. The zero-order valence-electron chi connectivity index (χ0n) is 15.4. The fourth-order valence-corrected chi connectivity index (χ4v) is 3.28. The maximum atomic E-state index is 13.3. The number of anilines is 2. The maximum absolute atomic E-state index is 13.3. The molecule has 31 heavy (non-hydrogen) atoms. The third-order valence-electron chi connectivity index (χ3n) is 3.98. The van der Waals surface area contributed by atoms with Gasteiger partial charge in [0.25, 0.3) is 11.5 Å². The summed E-state index contributed by atoms with van der Waals surface area (Å²) in [6, 6.07) is 7.10. The molecule has 12 heteroatoms. The van der Waals surface area contributed by atoms with Crippen LogP contribution in [0.1, 0.15) is 21.5 Å². The Kier molecular flexibility index (Phi) is 6.29. The van der Waals surface area contributed by atoms with E-state index in [9.17, 15) is 31.5 Å². The van der Waals surface area contributed by atoms with E-state index < -0.39 is 40.5 Å². The summed E-state index contributed by atoms with van der Waals surface area (Å²) in [7, 11) is 0. The van der Waals surface area contributed by atoms with Crippen molar-refractivity contribution in [3.8, 4) is 0 Å². The van der Waals surface area contributed by atoms with Crippen LogP contribution in [-0.4, -0.2) is 15.9 Å². The quantitative estimate of drug-likeness (QED) is 0.304. The van der Waals surface area contributed by atoms with E-state index in [-0.39, 0.29) is 22.3 Å². The second kappa shape index (κ2) is 8.76. The average molecular weight is 456 g/mol. The summed E-state index contributed by atoms with van der Waals surface area (Å²) in [5, 5.41) is 2.19. The van der Waals surface area contributed by atoms with Crippen LogP contribution in [0.4, 0.5) is 33.5 Å². The van der Waals surface area contributed by atoms with Crippen LogP contribution >= 0.6 is 11.8 Å². The lowest BCUT2D eigenvalue weighted by Gasteiger charge is -2.10. The number of nitrogens with two attached hydrogens (primary N) is 1. The molecule has 0 aliphatic rings. The molecule has 0 unspecified atom stereocenters. The van der Waals surface area contributed by atoms with Gasteiger partial charge in [-0.3, -0.25) is 14.6 Å². The number of alkyl halides is 3. The summed E-state index contributed by atoms with van der Waals surface area (Å²) in [5.74, 6) is -3.59. The third kappa shape index (κ3) is 5.40. The topological polar surface area (TPSA) is 101 Å². The summed E-state index contributed by atoms with van der Waals surface area (Å²) in [4.78, 5) is 30.7. The van der Waals surface area contributed by atoms with Crippen LogP contribution in [-0.2, 0) is 11.9 Å². The van der Waals surface area contributed by atoms with E-state index in [0.717, 1.165) is 36.0 Å². The predicted molar refractivity (Wildman–Crippen MR) is 105 cm³/mol. The molecule has 4 N–H and O–H groups in total. The van der Waals surface area contributed by atoms with Gasteiger partial charge >= 0.3 is 6.18 Å². The lowest BCUT2D eigenvalue weighted by atomic mass is 10.1. The van der Waals surface area contributed by atoms with Gasteiger partial charge in [-0.05, 0) is 29.8 Å². The minimum atomic E-state index is -4.48. The Morgan fingerprint density at radius 2 is 1.87 bits per heavy atom. The molecule has 0 aliphatic heterocycles. The first-order valence-corrected chi connectivity index (χ1v) is 9.48. The van der Waals surface area contributed by atoms with Gasteiger partial charge in [0.15, 0.2) is 22.6 Å². The Morgan fingerprint density at radius 1 is 1.13 bits per heavy atom. The Hall–Kier alpha value is -3.41. The number of nitrogen functional groups attached to an aromatic ring is 1. The minimum absolute atomic E-state index is 0.0192. The monoisotopic (exact) mass is 456 g/mol. The molecule has 0 radical (unpaired) electrons. The molecule has 0 aliphatic carbocycles. The molecule has 3 rings (SSSR count). The zero-order valence-corrected chi connectivity index (χ0v) is 16.2. The van der Waals surface area contributed by atoms with Gasteiger partial charge in [-0.15, -0.1) is 0 Å². The van der Waals surface area contributed by atoms with E-state index in [4.69, 9.17) is 5.73 Å². The number of nitrogens with zero attached hydrogens (tertiary/aromatic N) is 1. The number of benzene rings is 2. The predicted octanol–water partition coefficient (Wildman–Crippen LogP) is 4.19. The Labute approximate surface area is 175 Å². The maximum Gasteiger partial charge on any atom is 0.416 e. The van der Waals surface area contributed by atoms with Gasteiger partial charge in [0.05, 0.1) is 5.56 Å². The van der Waals surface area contributed by atoms with Crippen molar-refractivity contribution in [3.63, 3.8) is 0 Å². The highest BCUT2D eigenvalue weighted by Crippen LogP contribution is 2.31. The molecule has 0 atom stereocenters. The van der Waals surface area contributed by atoms with Gasteiger partial charge < -0.3 is 11.1 Å². The third-order valence-corrected chi connectivity index (χ3v) is 4.92. The highest BCUT2D eigenvalue weighted by molar-refractivity contribution is 7.98. The number of hydrogen-bond donors (Lipinski definition) is 3. The van der Waals surface area contributed by atoms with Gasteiger partial charge in [-0.1, -0.05) is 30.0 Å². The Balaban J connectivity index is 1.74. The molecular formula is C19H13F5N4O2S. The van der Waals surface area contributed by atoms with Crippen LogP contribution in [0.15, 0.2) is 52.4 Å². The fourth-order valence-electron chi connectivity index (χ4n) is 2.47. The molecule has 6 nitrogen and oxygen atoms in total. The van der Waals surface area contributed by atoms with Crippen LogP contribution in [0.5, 0.6) is 0 Å². The molecule has 0 bridgehead atoms. The fraction of sp³-hybridized carbons (Fsp3) is 0.105. The molecule has 1 amide bonds. The molecule has 1 aromatic heterocycles. The van der Waals surface area contributed by atoms with E-state index >= 15 is 0 Å². The van der Waals surface area contributed by atoms with E-state index in [0.29, 0.717) is 11.6 Å². The average Bonchev–Trinajstić information content (AvgIpc) is 2.70. The Bertz CT molecular complexity index is 1200. The van der Waals surface area contributed by atoms with Gasteiger partial charge in [-0.25, -0.2) is 13.8 Å². The van der Waals surface area contributed by atoms with Gasteiger partial charge in [0.1, 0.15) is 5.69 Å². The molecular weight excluding hydrogens is 443 g/mol. The van der Waals surface area contributed by atoms with Crippen LogP contribution in [0.3, 0.4) is 0 Å². The number of rotatable bonds is 5. The number of hydrogen-bond acceptors (Lipinski definition) is 5. The summed E-state index contributed by atoms with van der Waals surface area (Å²) in [6.45, 7) is 0. The standard InChI is InChI=1S/C19H13F5N4O2S/c20-12-5-4-10(7-13(12)21)16(29)26-14-15(25)27-18(28-17(14)30)31-8-9-2-1-3-11(6-9)19(22,23)24/h1-7H,8H2,(H,26,29)(H3,25,27,28,30). The first-order valence-electron chi connectivity index (χ1n) is 8.49. The largest absolute Gasteiger partial charge is 0.416 e. The summed E-state index contributed by atoms with van der Waals surface area (Å²) in [5.41, 5.74) is 3.77. The molecule has 1 heterocycles. The van der Waals surface area contributed by atoms with Crippen molar-refractivity contribution in [3.05, 3.63) is 81.1 Å². The summed E-state index contributed by atoms with van der Waals surface area (Å²) >= 11 is 0.931. The molecule has 2 aromatic carbocycles. The number of H-pyrrole nitrogens is 1. The van der Waals surface area contributed by atoms with E-state index in [2.05, 4.69) is 15.3 Å². The first kappa shape index (κ1) is 22.3. The number of thioether (sulfide) groups is 1. The van der Waals surface area contributed by atoms with Crippen molar-refractivity contribution < 1.29 is 26.7 Å². The number of carbonyl (C=O) groups is 1. The van der Waals surface area contributed by atoms with Crippen molar-refractivity contribution in [2.24, 2.45) is 0 Å². The second-order valence-corrected chi connectivity index (χ2v) is 7.17. The van der Waals surface area contributed by atoms with E-state index in [1.165, 1.54) is 12.1 Å². The summed E-state index contributed by atoms with van der Waals surface area (Å²) < 4.78 is 64.6. The first-order chi connectivity index (χ1) is 14.5. The van der Waals surface area contributed by atoms with Crippen LogP contribution in [0.2, 0.25) is 0 Å². The number of halogens is 5. The number of amides is 1. The van der Waals surface area contributed by atoms with Crippen molar-refractivity contribution in [2.45, 2.75) is 17.1 Å². The normalized spacial score (nSPS) is 11.4. The molecule has 162 valence electrons. The van der Waals surface area contributed by atoms with Gasteiger partial charge in [-0.2, -0.15) is 13.2 Å². The highest BCUT2D eigenvalue weighted by atomic mass is 32.2. The smallest absolute Gasteiger partial charge is 0.382 e. The zero-order chi connectivity index (χ0) is 22.8. The van der Waals surface area contributed by atoms with Crippen molar-refractivity contribution in [1.29, 1.82) is 0 Å². The molecule has 0 saturated heterocycles. The van der Waals surface area contributed by atoms with Crippen molar-refractivity contribution in [2.75, 3.05) is 11.1 Å². The summed E-state index contributed by atoms with van der Waals surface area (Å²) in [6.07, 6.45) is -4.48. The molecule has 3 aromatic rings. The number of nitrogens with one attached hydrogen (secondary N) is 2. The van der Waals surface area contributed by atoms with Gasteiger partial charge in [0, 0.05) is 11.3 Å². The van der Waals surface area contributed by atoms with E-state index in [1.54, 1.807) is 0 Å². The highest BCUT2D eigenvalue weighted by Gasteiger charge is 2.30. The number of aromatic nitrogens is 2. The van der Waals surface area contributed by atoms with Crippen molar-refractivity contribution >= 4 is 29.2 Å². The van der Waals surface area contributed by atoms with Crippen LogP contribution in [0, 0.1) is 11.6 Å². The minimum Gasteiger partial charge on any atom is -0.382 e. The van der Waals surface area contributed by atoms with Crippen molar-refractivity contribution in [1.82, 2.24) is 9.97 Å². The Morgan fingerprint density at radius 3 is 2.52 bits per heavy atom. The SMILES string of the molecule is Nc1nc(SCc2cccc(C(F)(F)F)c2)[nH]c(=O)c1NC(=O)c1ccc(F)c(F)c1.